The van der Waals surface area contributed by atoms with Gasteiger partial charge in [0, 0.05) is 11.8 Å². The maximum atomic E-state index is 12.5. The fraction of sp³-hybridized carbons (Fsp3) is 0.375. The van der Waals surface area contributed by atoms with Crippen LogP contribution in [0.25, 0.3) is 5.69 Å². The molecule has 6 nitrogen and oxygen atoms in total. The lowest BCUT2D eigenvalue weighted by Gasteiger charge is -2.55. The summed E-state index contributed by atoms with van der Waals surface area (Å²) in [5, 5.41) is 17.4. The Morgan fingerprint density at radius 1 is 1.48 bits per heavy atom. The molecule has 1 heterocycles. The molecule has 0 bridgehead atoms. The van der Waals surface area contributed by atoms with Crippen molar-refractivity contribution >= 4 is 23.2 Å². The zero-order valence-corrected chi connectivity index (χ0v) is 13.7. The molecular formula is C16H19ClN4O2. The number of hydrogen-bond donors (Lipinski definition) is 3. The quantitative estimate of drug-likeness (QED) is 0.799. The van der Waals surface area contributed by atoms with Crippen LogP contribution in [0.1, 0.15) is 20.3 Å². The third-order valence-corrected chi connectivity index (χ3v) is 5.16. The van der Waals surface area contributed by atoms with Crippen LogP contribution in [0.4, 0.5) is 5.69 Å². The number of nitrogens with one attached hydrogen (secondary N) is 1. The molecule has 0 spiro atoms. The van der Waals surface area contributed by atoms with Gasteiger partial charge in [-0.3, -0.25) is 4.79 Å². The van der Waals surface area contributed by atoms with E-state index < -0.39 is 17.1 Å². The van der Waals surface area contributed by atoms with Crippen LogP contribution in [0.15, 0.2) is 36.7 Å². The molecule has 2 atom stereocenters. The second kappa shape index (κ2) is 5.33. The van der Waals surface area contributed by atoms with Crippen molar-refractivity contribution in [2.75, 3.05) is 5.32 Å². The topological polar surface area (TPSA) is 93.2 Å². The minimum absolute atomic E-state index is 0.241. The first-order chi connectivity index (χ1) is 10.8. The zero-order chi connectivity index (χ0) is 16.8. The van der Waals surface area contributed by atoms with Crippen LogP contribution in [0.2, 0.25) is 5.02 Å². The second-order valence-corrected chi connectivity index (χ2v) is 6.90. The lowest BCUT2D eigenvalue weighted by atomic mass is 9.54. The van der Waals surface area contributed by atoms with E-state index in [1.807, 2.05) is 18.2 Å². The molecule has 2 aromatic rings. The number of hydrogen-bond acceptors (Lipinski definition) is 4. The predicted octanol–water partition coefficient (Wildman–Crippen LogP) is 1.95. The number of aliphatic hydroxyl groups excluding tert-OH is 1. The molecule has 1 amide bonds. The summed E-state index contributed by atoms with van der Waals surface area (Å²) < 4.78 is 1.59. The summed E-state index contributed by atoms with van der Waals surface area (Å²) in [5.74, 6) is -0.327. The van der Waals surface area contributed by atoms with E-state index in [4.69, 9.17) is 17.3 Å². The fourth-order valence-electron chi connectivity index (χ4n) is 2.77. The molecule has 0 aliphatic heterocycles. The number of nitrogens with zero attached hydrogens (tertiary/aromatic N) is 2. The van der Waals surface area contributed by atoms with Crippen LogP contribution in [0.3, 0.4) is 0 Å². The van der Waals surface area contributed by atoms with Gasteiger partial charge >= 0.3 is 0 Å². The van der Waals surface area contributed by atoms with E-state index in [-0.39, 0.29) is 12.3 Å². The zero-order valence-electron chi connectivity index (χ0n) is 13.0. The van der Waals surface area contributed by atoms with Crippen molar-refractivity contribution in [3.63, 3.8) is 0 Å². The molecule has 7 heteroatoms. The highest BCUT2D eigenvalue weighted by molar-refractivity contribution is 6.32. The molecular weight excluding hydrogens is 316 g/mol. The maximum Gasteiger partial charge on any atom is 0.245 e. The number of para-hydroxylation sites is 1. The largest absolute Gasteiger partial charge is 0.392 e. The lowest BCUT2D eigenvalue weighted by Crippen LogP contribution is -2.74. The Hall–Kier alpha value is -1.89. The number of amides is 1. The summed E-state index contributed by atoms with van der Waals surface area (Å²) in [6.07, 6.45) is 2.87. The van der Waals surface area contributed by atoms with Crippen molar-refractivity contribution in [3.05, 3.63) is 41.7 Å². The summed E-state index contributed by atoms with van der Waals surface area (Å²) in [5.41, 5.74) is 5.66. The first-order valence-electron chi connectivity index (χ1n) is 7.34. The summed E-state index contributed by atoms with van der Waals surface area (Å²) in [7, 11) is 0. The monoisotopic (exact) mass is 334 g/mol. The highest BCUT2D eigenvalue weighted by Gasteiger charge is 2.61. The molecule has 1 aliphatic rings. The van der Waals surface area contributed by atoms with Gasteiger partial charge in [-0.05, 0) is 12.1 Å². The Bertz CT molecular complexity index is 758. The smallest absolute Gasteiger partial charge is 0.245 e. The van der Waals surface area contributed by atoms with E-state index in [2.05, 4.69) is 10.4 Å². The summed E-state index contributed by atoms with van der Waals surface area (Å²) in [4.78, 5) is 12.5. The van der Waals surface area contributed by atoms with Crippen LogP contribution >= 0.6 is 11.6 Å². The Balaban J connectivity index is 1.78. The number of halogens is 1. The van der Waals surface area contributed by atoms with E-state index in [1.165, 1.54) is 6.20 Å². The average molecular weight is 335 g/mol. The van der Waals surface area contributed by atoms with Gasteiger partial charge < -0.3 is 16.2 Å². The lowest BCUT2D eigenvalue weighted by molar-refractivity contribution is -0.153. The minimum atomic E-state index is -1.10. The van der Waals surface area contributed by atoms with Gasteiger partial charge in [-0.25, -0.2) is 4.68 Å². The van der Waals surface area contributed by atoms with Crippen molar-refractivity contribution in [3.8, 4) is 5.69 Å². The number of carbonyl (C=O) groups is 1. The van der Waals surface area contributed by atoms with Crippen LogP contribution in [0, 0.1) is 5.41 Å². The Morgan fingerprint density at radius 3 is 2.78 bits per heavy atom. The van der Waals surface area contributed by atoms with Crippen molar-refractivity contribution in [2.24, 2.45) is 11.1 Å². The van der Waals surface area contributed by atoms with Crippen LogP contribution in [0.5, 0.6) is 0 Å². The number of anilines is 1. The molecule has 23 heavy (non-hydrogen) atoms. The van der Waals surface area contributed by atoms with Crippen molar-refractivity contribution in [1.29, 1.82) is 0 Å². The molecule has 4 N–H and O–H groups in total. The number of nitrogens with two attached hydrogens (primary N) is 1. The maximum absolute atomic E-state index is 12.5. The molecule has 0 radical (unpaired) electrons. The van der Waals surface area contributed by atoms with Crippen molar-refractivity contribution in [2.45, 2.75) is 31.9 Å². The summed E-state index contributed by atoms with van der Waals surface area (Å²) in [6.45, 7) is 3.57. The predicted molar refractivity (Wildman–Crippen MR) is 88.5 cm³/mol. The van der Waals surface area contributed by atoms with Gasteiger partial charge in [0.25, 0.3) is 0 Å². The highest BCUT2D eigenvalue weighted by atomic mass is 35.5. The van der Waals surface area contributed by atoms with Crippen LogP contribution < -0.4 is 11.1 Å². The number of carbonyl (C=O) groups excluding carboxylic acids is 1. The summed E-state index contributed by atoms with van der Waals surface area (Å²) in [6, 6.07) is 7.29. The Labute approximate surface area is 139 Å². The van der Waals surface area contributed by atoms with Crippen molar-refractivity contribution in [1.82, 2.24) is 9.78 Å². The van der Waals surface area contributed by atoms with Crippen LogP contribution in [-0.2, 0) is 4.79 Å². The molecule has 0 unspecified atom stereocenters. The molecule has 1 saturated carbocycles. The fourth-order valence-corrected chi connectivity index (χ4v) is 3.00. The highest BCUT2D eigenvalue weighted by Crippen LogP contribution is 2.48. The van der Waals surface area contributed by atoms with Gasteiger partial charge in [-0.15, -0.1) is 0 Å². The molecule has 122 valence electrons. The number of rotatable bonds is 3. The molecule has 0 saturated heterocycles. The van der Waals surface area contributed by atoms with E-state index in [0.717, 1.165) is 5.69 Å². The van der Waals surface area contributed by atoms with E-state index >= 15 is 0 Å². The molecule has 3 rings (SSSR count). The Kier molecular flexibility index (Phi) is 3.71. The van der Waals surface area contributed by atoms with Gasteiger partial charge in [0.2, 0.25) is 5.91 Å². The van der Waals surface area contributed by atoms with Gasteiger partial charge in [0.05, 0.1) is 34.9 Å². The minimum Gasteiger partial charge on any atom is -0.392 e. The first-order valence-corrected chi connectivity index (χ1v) is 7.71. The number of aromatic nitrogens is 2. The average Bonchev–Trinajstić information content (AvgIpc) is 2.95. The van der Waals surface area contributed by atoms with E-state index in [9.17, 15) is 9.90 Å². The SMILES string of the molecule is CC1(C)[C@@H](O)C[C@]1(N)C(=O)Nc1cnn(-c2ccccc2Cl)c1. The number of aliphatic hydroxyl groups is 1. The third kappa shape index (κ3) is 2.43. The van der Waals surface area contributed by atoms with Gasteiger partial charge in [0.15, 0.2) is 0 Å². The first kappa shape index (κ1) is 16.0. The third-order valence-electron chi connectivity index (χ3n) is 4.84. The van der Waals surface area contributed by atoms with Crippen molar-refractivity contribution < 1.29 is 9.90 Å². The van der Waals surface area contributed by atoms with E-state index in [0.29, 0.717) is 10.7 Å². The normalized spacial score (nSPS) is 25.7. The number of benzene rings is 1. The molecule has 1 aliphatic carbocycles. The van der Waals surface area contributed by atoms with E-state index in [1.54, 1.807) is 30.8 Å². The molecule has 1 fully saturated rings. The second-order valence-electron chi connectivity index (χ2n) is 6.49. The molecule has 1 aromatic carbocycles. The van der Waals surface area contributed by atoms with Gasteiger partial charge in [-0.1, -0.05) is 37.6 Å². The van der Waals surface area contributed by atoms with Gasteiger partial charge in [0.1, 0.15) is 5.54 Å². The standard InChI is InChI=1S/C16H19ClN4O2/c1-15(2)13(22)7-16(15,18)14(23)20-10-8-19-21(9-10)12-6-4-3-5-11(12)17/h3-6,8-9,13,22H,7,18H2,1-2H3,(H,20,23)/t13-,16-/m0/s1. The van der Waals surface area contributed by atoms with Gasteiger partial charge in [-0.2, -0.15) is 5.10 Å². The Morgan fingerprint density at radius 2 is 2.17 bits per heavy atom. The molecule has 1 aromatic heterocycles. The summed E-state index contributed by atoms with van der Waals surface area (Å²) >= 11 is 6.14. The van der Waals surface area contributed by atoms with Crippen LogP contribution in [-0.4, -0.2) is 32.4 Å².